The van der Waals surface area contributed by atoms with Gasteiger partial charge in [0.05, 0.1) is 12.2 Å². The van der Waals surface area contributed by atoms with Crippen LogP contribution in [0.1, 0.15) is 31.4 Å². The number of likely N-dealkylation sites (tertiary alicyclic amines) is 1. The number of nitrogens with zero attached hydrogens (tertiary/aromatic N) is 3. The fourth-order valence-corrected chi connectivity index (χ4v) is 3.46. The smallest absolute Gasteiger partial charge is 0.220 e. The molecular weight excluding hydrogens is 284 g/mol. The van der Waals surface area contributed by atoms with Gasteiger partial charge < -0.3 is 15.1 Å². The third kappa shape index (κ3) is 5.28. The lowest BCUT2D eigenvalue weighted by Crippen LogP contribution is -2.33. The van der Waals surface area contributed by atoms with E-state index in [4.69, 9.17) is 0 Å². The molecule has 1 amide bonds. The van der Waals surface area contributed by atoms with Crippen LogP contribution >= 0.6 is 11.3 Å². The van der Waals surface area contributed by atoms with Crippen LogP contribution in [-0.2, 0) is 11.3 Å². The van der Waals surface area contributed by atoms with E-state index >= 15 is 0 Å². The zero-order chi connectivity index (χ0) is 15.2. The topological polar surface area (TPSA) is 48.5 Å². The van der Waals surface area contributed by atoms with E-state index < -0.39 is 0 Å². The molecule has 2 rings (SSSR count). The van der Waals surface area contributed by atoms with Gasteiger partial charge in [-0.25, -0.2) is 4.98 Å². The number of anilines is 1. The molecule has 2 heterocycles. The minimum atomic E-state index is 0.141. The molecule has 0 radical (unpaired) electrons. The van der Waals surface area contributed by atoms with Gasteiger partial charge in [-0.1, -0.05) is 0 Å². The summed E-state index contributed by atoms with van der Waals surface area (Å²) in [5.74, 6) is 0.816. The second-order valence-corrected chi connectivity index (χ2v) is 6.94. The van der Waals surface area contributed by atoms with Gasteiger partial charge in [0.15, 0.2) is 5.13 Å². The molecule has 0 saturated carbocycles. The Balaban J connectivity index is 1.67. The number of carbonyl (C=O) groups excluding carboxylic acids is 1. The van der Waals surface area contributed by atoms with E-state index in [-0.39, 0.29) is 5.91 Å². The quantitative estimate of drug-likeness (QED) is 0.872. The number of rotatable bonds is 6. The first-order chi connectivity index (χ1) is 10.0. The number of thiazole rings is 1. The molecule has 6 heteroatoms. The maximum atomic E-state index is 11.9. The molecular formula is C15H26N4OS. The number of nitrogens with one attached hydrogen (secondary N) is 1. The standard InChI is InChI=1S/C15H26N4OS/c1-18(2)15-17-13(11-21-15)9-16-14(20)7-6-12-5-4-8-19(3)10-12/h11-12H,4-10H2,1-3H3,(H,16,20)/t12-/m0/s1. The Kier molecular flexibility index (Phi) is 5.99. The molecule has 1 aromatic heterocycles. The molecule has 1 N–H and O–H groups in total. The zero-order valence-corrected chi connectivity index (χ0v) is 14.1. The molecule has 5 nitrogen and oxygen atoms in total. The fraction of sp³-hybridized carbons (Fsp3) is 0.733. The number of piperidine rings is 1. The summed E-state index contributed by atoms with van der Waals surface area (Å²) >= 11 is 1.60. The number of hydrogen-bond donors (Lipinski definition) is 1. The number of amides is 1. The van der Waals surface area contributed by atoms with Crippen LogP contribution < -0.4 is 10.2 Å². The van der Waals surface area contributed by atoms with E-state index in [0.717, 1.165) is 23.8 Å². The maximum absolute atomic E-state index is 11.9. The summed E-state index contributed by atoms with van der Waals surface area (Å²) < 4.78 is 0. The van der Waals surface area contributed by atoms with Gasteiger partial charge in [0.2, 0.25) is 5.91 Å². The summed E-state index contributed by atoms with van der Waals surface area (Å²) in [5.41, 5.74) is 0.939. The second kappa shape index (κ2) is 7.75. The average molecular weight is 310 g/mol. The van der Waals surface area contributed by atoms with Crippen LogP contribution in [0.25, 0.3) is 0 Å². The normalized spacial score (nSPS) is 19.5. The van der Waals surface area contributed by atoms with Gasteiger partial charge in [0.25, 0.3) is 0 Å². The number of aromatic nitrogens is 1. The Morgan fingerprint density at radius 1 is 1.57 bits per heavy atom. The Bertz CT molecular complexity index is 460. The van der Waals surface area contributed by atoms with Gasteiger partial charge in [-0.05, 0) is 38.8 Å². The summed E-state index contributed by atoms with van der Waals surface area (Å²) in [7, 11) is 6.11. The summed E-state index contributed by atoms with van der Waals surface area (Å²) in [6.07, 6.45) is 4.14. The molecule has 1 atom stereocenters. The van der Waals surface area contributed by atoms with Crippen molar-refractivity contribution in [3.05, 3.63) is 11.1 Å². The van der Waals surface area contributed by atoms with Crippen molar-refractivity contribution >= 4 is 22.4 Å². The molecule has 21 heavy (non-hydrogen) atoms. The first-order valence-electron chi connectivity index (χ1n) is 7.61. The lowest BCUT2D eigenvalue weighted by Gasteiger charge is -2.29. The second-order valence-electron chi connectivity index (χ2n) is 6.10. The van der Waals surface area contributed by atoms with E-state index in [1.54, 1.807) is 11.3 Å². The molecule has 1 fully saturated rings. The molecule has 0 unspecified atom stereocenters. The molecule has 0 aliphatic carbocycles. The van der Waals surface area contributed by atoms with Gasteiger partial charge >= 0.3 is 0 Å². The highest BCUT2D eigenvalue weighted by Gasteiger charge is 2.18. The highest BCUT2D eigenvalue weighted by molar-refractivity contribution is 7.13. The van der Waals surface area contributed by atoms with Crippen LogP contribution in [0.4, 0.5) is 5.13 Å². The minimum absolute atomic E-state index is 0.141. The van der Waals surface area contributed by atoms with Crippen LogP contribution in [0.15, 0.2) is 5.38 Å². The third-order valence-corrected chi connectivity index (χ3v) is 4.95. The van der Waals surface area contributed by atoms with Crippen molar-refractivity contribution < 1.29 is 4.79 Å². The lowest BCUT2D eigenvalue weighted by molar-refractivity contribution is -0.121. The van der Waals surface area contributed by atoms with Crippen LogP contribution in [-0.4, -0.2) is 50.0 Å². The summed E-state index contributed by atoms with van der Waals surface area (Å²) in [5, 5.41) is 5.96. The molecule has 1 aliphatic heterocycles. The summed E-state index contributed by atoms with van der Waals surface area (Å²) in [4.78, 5) is 20.7. The molecule has 1 aromatic rings. The van der Waals surface area contributed by atoms with Crippen molar-refractivity contribution in [3.63, 3.8) is 0 Å². The Hall–Kier alpha value is -1.14. The van der Waals surface area contributed by atoms with Crippen molar-refractivity contribution in [2.45, 2.75) is 32.2 Å². The van der Waals surface area contributed by atoms with Gasteiger partial charge in [0, 0.05) is 32.4 Å². The van der Waals surface area contributed by atoms with Crippen LogP contribution in [0.3, 0.4) is 0 Å². The van der Waals surface area contributed by atoms with E-state index in [2.05, 4.69) is 22.2 Å². The lowest BCUT2D eigenvalue weighted by atomic mass is 9.93. The van der Waals surface area contributed by atoms with Crippen molar-refractivity contribution in [1.82, 2.24) is 15.2 Å². The number of hydrogen-bond acceptors (Lipinski definition) is 5. The predicted octanol–water partition coefficient (Wildman–Crippen LogP) is 1.95. The monoisotopic (exact) mass is 310 g/mol. The Morgan fingerprint density at radius 2 is 2.38 bits per heavy atom. The predicted molar refractivity (Wildman–Crippen MR) is 87.7 cm³/mol. The summed E-state index contributed by atoms with van der Waals surface area (Å²) in [6, 6.07) is 0. The fourth-order valence-electron chi connectivity index (χ4n) is 2.70. The Morgan fingerprint density at radius 3 is 3.05 bits per heavy atom. The van der Waals surface area contributed by atoms with Crippen molar-refractivity contribution in [2.24, 2.45) is 5.92 Å². The van der Waals surface area contributed by atoms with Gasteiger partial charge in [-0.3, -0.25) is 4.79 Å². The molecule has 1 saturated heterocycles. The van der Waals surface area contributed by atoms with Crippen molar-refractivity contribution in [2.75, 3.05) is 39.1 Å². The van der Waals surface area contributed by atoms with E-state index in [1.807, 2.05) is 24.4 Å². The Labute approximate surface area is 131 Å². The molecule has 118 valence electrons. The zero-order valence-electron chi connectivity index (χ0n) is 13.3. The summed E-state index contributed by atoms with van der Waals surface area (Å²) in [6.45, 7) is 2.86. The number of carbonyl (C=O) groups is 1. The maximum Gasteiger partial charge on any atom is 0.220 e. The SMILES string of the molecule is CN1CCC[C@@H](CCC(=O)NCc2csc(N(C)C)n2)C1. The van der Waals surface area contributed by atoms with Crippen LogP contribution in [0.2, 0.25) is 0 Å². The van der Waals surface area contributed by atoms with Crippen molar-refractivity contribution in [3.8, 4) is 0 Å². The highest BCUT2D eigenvalue weighted by Crippen LogP contribution is 2.20. The third-order valence-electron chi connectivity index (χ3n) is 3.89. The molecule has 0 bridgehead atoms. The highest BCUT2D eigenvalue weighted by atomic mass is 32.1. The first kappa shape index (κ1) is 16.2. The van der Waals surface area contributed by atoms with E-state index in [0.29, 0.717) is 18.9 Å². The van der Waals surface area contributed by atoms with Crippen molar-refractivity contribution in [1.29, 1.82) is 0 Å². The largest absolute Gasteiger partial charge is 0.354 e. The van der Waals surface area contributed by atoms with E-state index in [9.17, 15) is 4.79 Å². The van der Waals surface area contributed by atoms with Crippen LogP contribution in [0.5, 0.6) is 0 Å². The van der Waals surface area contributed by atoms with Crippen LogP contribution in [0, 0.1) is 5.92 Å². The van der Waals surface area contributed by atoms with Gasteiger partial charge in [-0.15, -0.1) is 11.3 Å². The van der Waals surface area contributed by atoms with E-state index in [1.165, 1.54) is 19.4 Å². The molecule has 1 aliphatic rings. The first-order valence-corrected chi connectivity index (χ1v) is 8.49. The molecule has 0 spiro atoms. The van der Waals surface area contributed by atoms with Gasteiger partial charge in [0.1, 0.15) is 0 Å². The average Bonchev–Trinajstić information content (AvgIpc) is 2.92. The minimum Gasteiger partial charge on any atom is -0.354 e. The van der Waals surface area contributed by atoms with Gasteiger partial charge in [-0.2, -0.15) is 0 Å². The molecule has 0 aromatic carbocycles.